The molecule has 3 aromatic carbocycles. The number of anilines is 1. The molecule has 1 amide bonds. The zero-order chi connectivity index (χ0) is 24.5. The zero-order valence-electron chi connectivity index (χ0n) is 19.6. The first kappa shape index (κ1) is 21.9. The number of piperazine rings is 1. The zero-order valence-corrected chi connectivity index (χ0v) is 19.6. The Kier molecular flexibility index (Phi) is 5.61. The fourth-order valence-electron chi connectivity index (χ4n) is 4.67. The molecule has 3 heterocycles. The molecule has 2 N–H and O–H groups in total. The Labute approximate surface area is 207 Å². The number of aromatic amines is 2. The summed E-state index contributed by atoms with van der Waals surface area (Å²) in [4.78, 5) is 40.5. The van der Waals surface area contributed by atoms with E-state index in [0.29, 0.717) is 61.0 Å². The summed E-state index contributed by atoms with van der Waals surface area (Å²) in [6, 6.07) is 23.0. The van der Waals surface area contributed by atoms with Crippen molar-refractivity contribution in [1.82, 2.24) is 19.9 Å². The lowest BCUT2D eigenvalue weighted by Gasteiger charge is -2.35. The van der Waals surface area contributed by atoms with Gasteiger partial charge >= 0.3 is 0 Å². The lowest BCUT2D eigenvalue weighted by atomic mass is 10.1. The summed E-state index contributed by atoms with van der Waals surface area (Å²) >= 11 is 0. The molecule has 0 atom stereocenters. The van der Waals surface area contributed by atoms with Crippen molar-refractivity contribution in [2.45, 2.75) is 6.61 Å². The second kappa shape index (κ2) is 9.22. The number of H-pyrrole nitrogens is 2. The number of aromatic nitrogens is 3. The van der Waals surface area contributed by atoms with Crippen LogP contribution in [0.15, 0.2) is 83.8 Å². The molecule has 36 heavy (non-hydrogen) atoms. The van der Waals surface area contributed by atoms with Crippen LogP contribution < -0.4 is 15.2 Å². The molecule has 1 aliphatic rings. The van der Waals surface area contributed by atoms with Gasteiger partial charge in [-0.1, -0.05) is 54.6 Å². The maximum absolute atomic E-state index is 13.4. The molecule has 0 spiro atoms. The Morgan fingerprint density at radius 2 is 1.64 bits per heavy atom. The van der Waals surface area contributed by atoms with E-state index in [9.17, 15) is 9.59 Å². The highest BCUT2D eigenvalue weighted by Gasteiger charge is 2.26. The molecule has 8 heteroatoms. The predicted octanol–water partition coefficient (Wildman–Crippen LogP) is 3.95. The van der Waals surface area contributed by atoms with Crippen LogP contribution in [-0.2, 0) is 6.61 Å². The maximum Gasteiger partial charge on any atom is 0.260 e. The van der Waals surface area contributed by atoms with Gasteiger partial charge in [-0.3, -0.25) is 14.6 Å². The number of fused-ring (bicyclic) bond motifs is 2. The Morgan fingerprint density at radius 1 is 0.889 bits per heavy atom. The molecule has 1 aliphatic heterocycles. The van der Waals surface area contributed by atoms with E-state index in [1.165, 1.54) is 0 Å². The smallest absolute Gasteiger partial charge is 0.260 e. The monoisotopic (exact) mass is 479 g/mol. The van der Waals surface area contributed by atoms with Crippen LogP contribution in [0, 0.1) is 0 Å². The number of benzene rings is 3. The van der Waals surface area contributed by atoms with Gasteiger partial charge in [0, 0.05) is 37.8 Å². The molecule has 6 rings (SSSR count). The van der Waals surface area contributed by atoms with Crippen molar-refractivity contribution in [1.29, 1.82) is 0 Å². The number of amides is 1. The van der Waals surface area contributed by atoms with Crippen LogP contribution in [0.25, 0.3) is 21.8 Å². The van der Waals surface area contributed by atoms with Gasteiger partial charge in [-0.15, -0.1) is 0 Å². The summed E-state index contributed by atoms with van der Waals surface area (Å²) in [5, 5.41) is 1.41. The first-order chi connectivity index (χ1) is 17.7. The van der Waals surface area contributed by atoms with Gasteiger partial charge in [-0.25, -0.2) is 4.98 Å². The minimum Gasteiger partial charge on any atom is -0.487 e. The number of rotatable bonds is 5. The van der Waals surface area contributed by atoms with Crippen molar-refractivity contribution in [3.8, 4) is 5.75 Å². The summed E-state index contributed by atoms with van der Waals surface area (Å²) in [5.74, 6) is 1.23. The largest absolute Gasteiger partial charge is 0.487 e. The van der Waals surface area contributed by atoms with Gasteiger partial charge in [0.25, 0.3) is 11.5 Å². The Balaban J connectivity index is 1.17. The minimum absolute atomic E-state index is 0.0268. The molecule has 0 radical (unpaired) electrons. The predicted molar refractivity (Wildman–Crippen MR) is 140 cm³/mol. The van der Waals surface area contributed by atoms with Crippen molar-refractivity contribution in [3.05, 3.63) is 100 Å². The van der Waals surface area contributed by atoms with Gasteiger partial charge < -0.3 is 19.5 Å². The summed E-state index contributed by atoms with van der Waals surface area (Å²) in [7, 11) is 0. The summed E-state index contributed by atoms with van der Waals surface area (Å²) in [6.45, 7) is 2.69. The van der Waals surface area contributed by atoms with Gasteiger partial charge in [0.05, 0.1) is 22.0 Å². The van der Waals surface area contributed by atoms with Crippen molar-refractivity contribution in [2.24, 2.45) is 0 Å². The van der Waals surface area contributed by atoms with Crippen molar-refractivity contribution in [2.75, 3.05) is 31.1 Å². The summed E-state index contributed by atoms with van der Waals surface area (Å²) in [6.07, 6.45) is 1.76. The third-order valence-electron chi connectivity index (χ3n) is 6.61. The van der Waals surface area contributed by atoms with Crippen LogP contribution in [0.4, 0.5) is 5.95 Å². The van der Waals surface area contributed by atoms with Crippen molar-refractivity contribution in [3.63, 3.8) is 0 Å². The second-order valence-electron chi connectivity index (χ2n) is 8.84. The SMILES string of the molecule is O=C(c1c[nH]c2c(OCc3ccccc3)cccc12)N1CCN(c2nc3ccccc3c(=O)[nH]2)CC1. The molecule has 0 bridgehead atoms. The first-order valence-electron chi connectivity index (χ1n) is 12.0. The number of para-hydroxylation sites is 2. The maximum atomic E-state index is 13.4. The topological polar surface area (TPSA) is 94.3 Å². The van der Waals surface area contributed by atoms with E-state index >= 15 is 0 Å². The summed E-state index contributed by atoms with van der Waals surface area (Å²) in [5.41, 5.74) is 3.03. The summed E-state index contributed by atoms with van der Waals surface area (Å²) < 4.78 is 6.05. The molecule has 8 nitrogen and oxygen atoms in total. The Morgan fingerprint density at radius 3 is 2.47 bits per heavy atom. The quantitative estimate of drug-likeness (QED) is 0.398. The van der Waals surface area contributed by atoms with Crippen LogP contribution >= 0.6 is 0 Å². The van der Waals surface area contributed by atoms with Crippen LogP contribution in [0.1, 0.15) is 15.9 Å². The first-order valence-corrected chi connectivity index (χ1v) is 12.0. The van der Waals surface area contributed by atoms with Crippen molar-refractivity contribution >= 4 is 33.7 Å². The highest BCUT2D eigenvalue weighted by Crippen LogP contribution is 2.29. The average molecular weight is 480 g/mol. The molecule has 1 fully saturated rings. The van der Waals surface area contributed by atoms with E-state index in [0.717, 1.165) is 16.5 Å². The third kappa shape index (κ3) is 4.07. The molecule has 2 aromatic heterocycles. The standard InChI is InChI=1S/C28H25N5O3/c34-26-21-9-4-5-11-23(21)30-28(31-26)33-15-13-32(14-16-33)27(35)22-17-29-25-20(22)10-6-12-24(25)36-18-19-7-2-1-3-8-19/h1-12,17,29H,13-16,18H2,(H,30,31,34). The van der Waals surface area contributed by atoms with E-state index in [1.54, 1.807) is 12.3 Å². The molecule has 1 saturated heterocycles. The molecular weight excluding hydrogens is 454 g/mol. The van der Waals surface area contributed by atoms with Crippen LogP contribution in [0.5, 0.6) is 5.75 Å². The fourth-order valence-corrected chi connectivity index (χ4v) is 4.67. The highest BCUT2D eigenvalue weighted by atomic mass is 16.5. The van der Waals surface area contributed by atoms with Gasteiger partial charge in [0.15, 0.2) is 0 Å². The molecule has 0 aliphatic carbocycles. The van der Waals surface area contributed by atoms with Gasteiger partial charge in [-0.05, 0) is 23.8 Å². The van der Waals surface area contributed by atoms with E-state index in [2.05, 4.69) is 15.0 Å². The lowest BCUT2D eigenvalue weighted by molar-refractivity contribution is 0.0748. The number of nitrogens with one attached hydrogen (secondary N) is 2. The van der Waals surface area contributed by atoms with E-state index in [-0.39, 0.29) is 11.5 Å². The third-order valence-corrected chi connectivity index (χ3v) is 6.61. The highest BCUT2D eigenvalue weighted by molar-refractivity contribution is 6.08. The minimum atomic E-state index is -0.154. The molecule has 0 saturated carbocycles. The second-order valence-corrected chi connectivity index (χ2v) is 8.84. The number of ether oxygens (including phenoxy) is 1. The van der Waals surface area contributed by atoms with Crippen molar-refractivity contribution < 1.29 is 9.53 Å². The molecule has 0 unspecified atom stereocenters. The van der Waals surface area contributed by atoms with E-state index in [4.69, 9.17) is 4.74 Å². The van der Waals surface area contributed by atoms with E-state index in [1.807, 2.05) is 76.5 Å². The molecular formula is C28H25N5O3. The lowest BCUT2D eigenvalue weighted by Crippen LogP contribution is -2.49. The normalized spacial score (nSPS) is 13.9. The van der Waals surface area contributed by atoms with Crippen LogP contribution in [0.3, 0.4) is 0 Å². The number of hydrogen-bond acceptors (Lipinski definition) is 5. The number of carbonyl (C=O) groups excluding carboxylic acids is 1. The molecule has 180 valence electrons. The Hall–Kier alpha value is -4.59. The van der Waals surface area contributed by atoms with E-state index < -0.39 is 0 Å². The van der Waals surface area contributed by atoms with Crippen LogP contribution in [0.2, 0.25) is 0 Å². The van der Waals surface area contributed by atoms with Crippen LogP contribution in [-0.4, -0.2) is 51.9 Å². The van der Waals surface area contributed by atoms with Gasteiger partial charge in [-0.2, -0.15) is 0 Å². The Bertz CT molecular complexity index is 1600. The van der Waals surface area contributed by atoms with Gasteiger partial charge in [0.2, 0.25) is 5.95 Å². The molecule has 5 aromatic rings. The number of hydrogen-bond donors (Lipinski definition) is 2. The van der Waals surface area contributed by atoms with Gasteiger partial charge in [0.1, 0.15) is 12.4 Å². The average Bonchev–Trinajstić information content (AvgIpc) is 3.37. The number of carbonyl (C=O) groups is 1. The number of nitrogens with zero attached hydrogens (tertiary/aromatic N) is 3. The fraction of sp³-hybridized carbons (Fsp3) is 0.179.